The fourth-order valence-electron chi connectivity index (χ4n) is 1.79. The highest BCUT2D eigenvalue weighted by Gasteiger charge is 2.11. The third-order valence-corrected chi connectivity index (χ3v) is 4.43. The maximum absolute atomic E-state index is 6.14. The first-order valence-electron chi connectivity index (χ1n) is 5.96. The smallest absolute Gasteiger partial charge is 0.146 e. The molecule has 106 valence electrons. The Labute approximate surface area is 136 Å². The van der Waals surface area contributed by atoms with E-state index >= 15 is 0 Å². The monoisotopic (exact) mass is 404 g/mol. The van der Waals surface area contributed by atoms with Crippen LogP contribution >= 0.6 is 34.2 Å². The number of aromatic nitrogens is 2. The molecular weight excluding hydrogens is 391 g/mol. The predicted molar refractivity (Wildman–Crippen MR) is 86.3 cm³/mol. The Bertz CT molecular complexity index is 608. The molecule has 0 aliphatic heterocycles. The van der Waals surface area contributed by atoms with Gasteiger partial charge in [-0.15, -0.1) is 0 Å². The minimum Gasteiger partial charge on any atom is -0.497 e. The molecule has 20 heavy (non-hydrogen) atoms. The fraction of sp³-hybridized carbons (Fsp3) is 0.286. The molecule has 0 aliphatic rings. The molecule has 0 atom stereocenters. The van der Waals surface area contributed by atoms with Crippen LogP contribution in [0.4, 0.5) is 0 Å². The van der Waals surface area contributed by atoms with Crippen molar-refractivity contribution in [1.82, 2.24) is 9.97 Å². The predicted octanol–water partition coefficient (Wildman–Crippen LogP) is 3.48. The number of methoxy groups -OCH3 is 2. The summed E-state index contributed by atoms with van der Waals surface area (Å²) in [5.41, 5.74) is 1.89. The van der Waals surface area contributed by atoms with Crippen LogP contribution in [0.2, 0.25) is 5.15 Å². The van der Waals surface area contributed by atoms with Crippen LogP contribution in [0.25, 0.3) is 0 Å². The zero-order chi connectivity index (χ0) is 14.5. The number of ether oxygens (including phenoxy) is 2. The van der Waals surface area contributed by atoms with Gasteiger partial charge in [0.05, 0.1) is 23.0 Å². The molecule has 0 N–H and O–H groups in total. The minimum atomic E-state index is 0.422. The van der Waals surface area contributed by atoms with Crippen LogP contribution in [0.15, 0.2) is 24.3 Å². The molecule has 0 unspecified atom stereocenters. The zero-order valence-corrected chi connectivity index (χ0v) is 14.1. The van der Waals surface area contributed by atoms with E-state index in [1.54, 1.807) is 14.2 Å². The standard InChI is InChI=1S/C14H14ClIN2O2/c1-19-8-11-13(16)14(15)18-12(17-11)7-9-4-3-5-10(6-9)20-2/h3-6H,7-8H2,1-2H3. The van der Waals surface area contributed by atoms with Crippen molar-refractivity contribution in [2.75, 3.05) is 14.2 Å². The van der Waals surface area contributed by atoms with E-state index in [9.17, 15) is 0 Å². The van der Waals surface area contributed by atoms with E-state index < -0.39 is 0 Å². The Balaban J connectivity index is 2.28. The molecule has 2 rings (SSSR count). The molecule has 1 aromatic carbocycles. The molecule has 2 aromatic rings. The average molecular weight is 405 g/mol. The summed E-state index contributed by atoms with van der Waals surface area (Å²) in [5.74, 6) is 1.49. The molecule has 6 heteroatoms. The van der Waals surface area contributed by atoms with E-state index in [2.05, 4.69) is 32.6 Å². The second kappa shape index (κ2) is 7.19. The van der Waals surface area contributed by atoms with Crippen molar-refractivity contribution in [2.45, 2.75) is 13.0 Å². The molecule has 0 saturated heterocycles. The minimum absolute atomic E-state index is 0.422. The van der Waals surface area contributed by atoms with Gasteiger partial charge in [-0.1, -0.05) is 23.7 Å². The van der Waals surface area contributed by atoms with Gasteiger partial charge in [-0.05, 0) is 40.3 Å². The van der Waals surface area contributed by atoms with Crippen LogP contribution in [0.3, 0.4) is 0 Å². The summed E-state index contributed by atoms with van der Waals surface area (Å²) in [6.07, 6.45) is 0.602. The fourth-order valence-corrected chi connectivity index (χ4v) is 2.39. The summed E-state index contributed by atoms with van der Waals surface area (Å²) in [6, 6.07) is 7.82. The third-order valence-electron chi connectivity index (χ3n) is 2.70. The molecule has 0 bridgehead atoms. The molecule has 0 fully saturated rings. The number of hydrogen-bond acceptors (Lipinski definition) is 4. The van der Waals surface area contributed by atoms with Crippen molar-refractivity contribution in [3.63, 3.8) is 0 Å². The van der Waals surface area contributed by atoms with Crippen LogP contribution in [0, 0.1) is 3.57 Å². The van der Waals surface area contributed by atoms with E-state index in [1.165, 1.54) is 0 Å². The lowest BCUT2D eigenvalue weighted by molar-refractivity contribution is 0.180. The summed E-state index contributed by atoms with van der Waals surface area (Å²) in [6.45, 7) is 0.422. The maximum atomic E-state index is 6.14. The van der Waals surface area contributed by atoms with Crippen molar-refractivity contribution in [3.05, 3.63) is 50.1 Å². The van der Waals surface area contributed by atoms with Crippen LogP contribution in [0.1, 0.15) is 17.1 Å². The summed E-state index contributed by atoms with van der Waals surface area (Å²) in [5, 5.41) is 0.463. The summed E-state index contributed by atoms with van der Waals surface area (Å²) in [4.78, 5) is 8.82. The molecule has 1 heterocycles. The Kier molecular flexibility index (Phi) is 5.56. The highest BCUT2D eigenvalue weighted by molar-refractivity contribution is 14.1. The first-order valence-corrected chi connectivity index (χ1v) is 7.42. The van der Waals surface area contributed by atoms with Gasteiger partial charge in [0.15, 0.2) is 0 Å². The molecule has 0 spiro atoms. The molecule has 0 saturated carbocycles. The average Bonchev–Trinajstić information content (AvgIpc) is 2.44. The number of nitrogens with zero attached hydrogens (tertiary/aromatic N) is 2. The van der Waals surface area contributed by atoms with Crippen LogP contribution in [-0.4, -0.2) is 24.2 Å². The largest absolute Gasteiger partial charge is 0.497 e. The third kappa shape index (κ3) is 3.80. The zero-order valence-electron chi connectivity index (χ0n) is 11.2. The van der Waals surface area contributed by atoms with Gasteiger partial charge in [0.25, 0.3) is 0 Å². The van der Waals surface area contributed by atoms with Gasteiger partial charge >= 0.3 is 0 Å². The van der Waals surface area contributed by atoms with Gasteiger partial charge in [-0.25, -0.2) is 9.97 Å². The summed E-state index contributed by atoms with van der Waals surface area (Å²) < 4.78 is 11.2. The topological polar surface area (TPSA) is 44.2 Å². The molecule has 0 amide bonds. The van der Waals surface area contributed by atoms with Crippen molar-refractivity contribution in [2.24, 2.45) is 0 Å². The van der Waals surface area contributed by atoms with Crippen molar-refractivity contribution in [1.29, 1.82) is 0 Å². The Morgan fingerprint density at radius 3 is 2.75 bits per heavy atom. The summed E-state index contributed by atoms with van der Waals surface area (Å²) >= 11 is 8.27. The normalized spacial score (nSPS) is 10.6. The molecule has 1 aromatic heterocycles. The second-order valence-electron chi connectivity index (χ2n) is 4.15. The summed E-state index contributed by atoms with van der Waals surface area (Å²) in [7, 11) is 3.28. The van der Waals surface area contributed by atoms with Gasteiger partial charge in [0.1, 0.15) is 16.7 Å². The van der Waals surface area contributed by atoms with E-state index in [-0.39, 0.29) is 0 Å². The maximum Gasteiger partial charge on any atom is 0.146 e. The van der Waals surface area contributed by atoms with Crippen LogP contribution in [0.5, 0.6) is 5.75 Å². The lowest BCUT2D eigenvalue weighted by Crippen LogP contribution is -2.05. The van der Waals surface area contributed by atoms with E-state index in [4.69, 9.17) is 21.1 Å². The molecule has 0 radical (unpaired) electrons. The number of rotatable bonds is 5. The molecule has 4 nitrogen and oxygen atoms in total. The van der Waals surface area contributed by atoms with Crippen molar-refractivity contribution >= 4 is 34.2 Å². The Hall–Kier alpha value is -0.920. The molecular formula is C14H14ClIN2O2. The highest BCUT2D eigenvalue weighted by Crippen LogP contribution is 2.21. The Morgan fingerprint density at radius 1 is 1.25 bits per heavy atom. The SMILES string of the molecule is COCc1nc(Cc2cccc(OC)c2)nc(Cl)c1I. The number of hydrogen-bond donors (Lipinski definition) is 0. The van der Waals surface area contributed by atoms with E-state index in [0.717, 1.165) is 20.6 Å². The quantitative estimate of drug-likeness (QED) is 0.565. The van der Waals surface area contributed by atoms with Gasteiger partial charge in [0, 0.05) is 13.5 Å². The molecule has 0 aliphatic carbocycles. The first kappa shape index (κ1) is 15.5. The van der Waals surface area contributed by atoms with Crippen molar-refractivity contribution < 1.29 is 9.47 Å². The van der Waals surface area contributed by atoms with Crippen LogP contribution < -0.4 is 4.74 Å². The Morgan fingerprint density at radius 2 is 2.05 bits per heavy atom. The lowest BCUT2D eigenvalue weighted by atomic mass is 10.1. The highest BCUT2D eigenvalue weighted by atomic mass is 127. The van der Waals surface area contributed by atoms with Gasteiger partial charge in [-0.2, -0.15) is 0 Å². The van der Waals surface area contributed by atoms with Crippen molar-refractivity contribution in [3.8, 4) is 5.75 Å². The number of benzene rings is 1. The number of halogens is 2. The van der Waals surface area contributed by atoms with Gasteiger partial charge < -0.3 is 9.47 Å². The lowest BCUT2D eigenvalue weighted by Gasteiger charge is -2.08. The van der Waals surface area contributed by atoms with Gasteiger partial charge in [0.2, 0.25) is 0 Å². The first-order chi connectivity index (χ1) is 9.63. The second-order valence-corrected chi connectivity index (χ2v) is 5.59. The van der Waals surface area contributed by atoms with E-state index in [0.29, 0.717) is 24.0 Å². The van der Waals surface area contributed by atoms with Crippen LogP contribution in [-0.2, 0) is 17.8 Å². The van der Waals surface area contributed by atoms with Gasteiger partial charge in [-0.3, -0.25) is 0 Å². The van der Waals surface area contributed by atoms with E-state index in [1.807, 2.05) is 24.3 Å².